The van der Waals surface area contributed by atoms with Crippen LogP contribution in [0.2, 0.25) is 0 Å². The normalized spacial score (nSPS) is 14.1. The van der Waals surface area contributed by atoms with Crippen LogP contribution in [0.25, 0.3) is 0 Å². The Bertz CT molecular complexity index is 601. The van der Waals surface area contributed by atoms with Gasteiger partial charge in [-0.05, 0) is 46.8 Å². The van der Waals surface area contributed by atoms with Crippen LogP contribution in [0.15, 0.2) is 22.6 Å². The van der Waals surface area contributed by atoms with Crippen molar-refractivity contribution < 1.29 is 22.5 Å². The molecule has 0 fully saturated rings. The van der Waals surface area contributed by atoms with Gasteiger partial charge in [-0.1, -0.05) is 0 Å². The Balaban J connectivity index is 3.36. The number of hydrogen-bond acceptors (Lipinski definition) is 3. The van der Waals surface area contributed by atoms with E-state index in [2.05, 4.69) is 4.40 Å². The first-order valence-corrected chi connectivity index (χ1v) is 7.79. The zero-order valence-electron chi connectivity index (χ0n) is 13.1. The molecule has 0 aliphatic heterocycles. The van der Waals surface area contributed by atoms with Crippen molar-refractivity contribution in [2.45, 2.75) is 45.5 Å². The Morgan fingerprint density at radius 2 is 1.68 bits per heavy atom. The molecule has 122 valence electrons. The van der Waals surface area contributed by atoms with Crippen molar-refractivity contribution in [1.29, 1.82) is 0 Å². The number of esters is 1. The van der Waals surface area contributed by atoms with Gasteiger partial charge in [-0.3, -0.25) is 0 Å². The molecule has 1 atom stereocenters. The minimum absolute atomic E-state index is 0.110. The lowest BCUT2D eigenvalue weighted by Crippen LogP contribution is -2.26. The van der Waals surface area contributed by atoms with Gasteiger partial charge in [0.05, 0.1) is 10.9 Å². The summed E-state index contributed by atoms with van der Waals surface area (Å²) in [7, 11) is -1.77. The van der Waals surface area contributed by atoms with Crippen LogP contribution in [0.4, 0.5) is 8.78 Å². The number of rotatable bonds is 4. The van der Waals surface area contributed by atoms with Crippen molar-refractivity contribution >= 4 is 22.7 Å². The fourth-order valence-electron chi connectivity index (χ4n) is 1.39. The Morgan fingerprint density at radius 3 is 2.09 bits per heavy atom. The quantitative estimate of drug-likeness (QED) is 0.629. The van der Waals surface area contributed by atoms with Crippen LogP contribution in [0.3, 0.4) is 0 Å². The first-order chi connectivity index (χ1) is 10.0. The van der Waals surface area contributed by atoms with Crippen LogP contribution in [0, 0.1) is 11.6 Å². The van der Waals surface area contributed by atoms with Crippen molar-refractivity contribution in [3.8, 4) is 0 Å². The molecule has 0 aromatic heterocycles. The van der Waals surface area contributed by atoms with Gasteiger partial charge in [-0.2, -0.15) is 4.40 Å². The van der Waals surface area contributed by atoms with Gasteiger partial charge < -0.3 is 4.74 Å². The van der Waals surface area contributed by atoms with Gasteiger partial charge in [0, 0.05) is 11.6 Å². The van der Waals surface area contributed by atoms with Crippen LogP contribution >= 0.6 is 0 Å². The lowest BCUT2D eigenvalue weighted by molar-refractivity contribution is -0.138. The summed E-state index contributed by atoms with van der Waals surface area (Å²) in [4.78, 5) is 12.1. The summed E-state index contributed by atoms with van der Waals surface area (Å²) in [5.74, 6) is -2.60. The number of carbonyl (C=O) groups is 1. The van der Waals surface area contributed by atoms with E-state index in [1.807, 2.05) is 0 Å². The highest BCUT2D eigenvalue weighted by atomic mass is 32.2. The van der Waals surface area contributed by atoms with Crippen molar-refractivity contribution in [3.05, 3.63) is 35.4 Å². The third-order valence-electron chi connectivity index (χ3n) is 2.37. The summed E-state index contributed by atoms with van der Waals surface area (Å²) in [6, 6.07) is 2.57. The summed E-state index contributed by atoms with van der Waals surface area (Å²) in [6.45, 7) is 8.27. The maximum Gasteiger partial charge on any atom is 0.358 e. The van der Waals surface area contributed by atoms with Gasteiger partial charge in [-0.15, -0.1) is 0 Å². The number of ether oxygens (including phenoxy) is 1. The van der Waals surface area contributed by atoms with Gasteiger partial charge >= 0.3 is 5.97 Å². The molecule has 0 unspecified atom stereocenters. The van der Waals surface area contributed by atoms with E-state index in [0.29, 0.717) is 6.07 Å². The number of carbonyl (C=O) groups excluding carboxylic acids is 1. The molecule has 1 aromatic rings. The third-order valence-corrected chi connectivity index (χ3v) is 3.77. The first kappa shape index (κ1) is 18.4. The summed E-state index contributed by atoms with van der Waals surface area (Å²) in [5.41, 5.74) is -0.471. The number of benzene rings is 1. The fraction of sp³-hybridized carbons (Fsp3) is 0.467. The zero-order valence-corrected chi connectivity index (χ0v) is 14.0. The summed E-state index contributed by atoms with van der Waals surface area (Å²) < 4.78 is 47.0. The average molecular weight is 331 g/mol. The van der Waals surface area contributed by atoms with E-state index in [1.165, 1.54) is 0 Å². The predicted molar refractivity (Wildman–Crippen MR) is 82.0 cm³/mol. The van der Waals surface area contributed by atoms with Gasteiger partial charge in [0.1, 0.15) is 22.6 Å². The highest BCUT2D eigenvalue weighted by molar-refractivity contribution is 7.85. The van der Waals surface area contributed by atoms with Gasteiger partial charge in [0.15, 0.2) is 5.71 Å². The number of halogens is 2. The summed E-state index contributed by atoms with van der Waals surface area (Å²) in [6.07, 6.45) is -0.445. The molecule has 0 amide bonds. The molecule has 22 heavy (non-hydrogen) atoms. The second-order valence-corrected chi connectivity index (χ2v) is 7.82. The van der Waals surface area contributed by atoms with E-state index in [1.54, 1.807) is 34.6 Å². The Kier molecular flexibility index (Phi) is 5.93. The average Bonchev–Trinajstić information content (AvgIpc) is 2.31. The van der Waals surface area contributed by atoms with Crippen molar-refractivity contribution in [1.82, 2.24) is 0 Å². The second kappa shape index (κ2) is 7.09. The molecule has 0 saturated heterocycles. The molecule has 0 bridgehead atoms. The molecule has 7 heteroatoms. The Hall–Kier alpha value is -1.63. The molecular weight excluding hydrogens is 312 g/mol. The van der Waals surface area contributed by atoms with Crippen LogP contribution in [-0.4, -0.2) is 26.7 Å². The minimum Gasteiger partial charge on any atom is -0.458 e. The van der Waals surface area contributed by atoms with Crippen LogP contribution in [0.1, 0.15) is 40.2 Å². The predicted octanol–water partition coefficient (Wildman–Crippen LogP) is 3.17. The monoisotopic (exact) mass is 331 g/mol. The Labute approximate surface area is 131 Å². The molecule has 0 aliphatic carbocycles. The van der Waals surface area contributed by atoms with Crippen LogP contribution < -0.4 is 0 Å². The molecule has 1 rings (SSSR count). The summed E-state index contributed by atoms with van der Waals surface area (Å²) >= 11 is 0. The molecule has 4 nitrogen and oxygen atoms in total. The topological polar surface area (TPSA) is 55.7 Å². The highest BCUT2D eigenvalue weighted by Gasteiger charge is 2.25. The SMILES string of the molecule is CC(C)OC(=O)C(=N[S@@](=O)C(C)(C)C)c1cc(F)cc(F)c1. The maximum atomic E-state index is 13.4. The molecule has 0 spiro atoms. The van der Waals surface area contributed by atoms with Crippen LogP contribution in [0.5, 0.6) is 0 Å². The first-order valence-electron chi connectivity index (χ1n) is 6.69. The molecule has 1 aromatic carbocycles. The standard InChI is InChI=1S/C15H19F2NO3S/c1-9(2)21-14(19)13(18-22(20)15(3,4)5)10-6-11(16)8-12(17)7-10/h6-9H,1-5H3/t22-/m0/s1. The van der Waals surface area contributed by atoms with E-state index in [4.69, 9.17) is 4.74 Å². The molecule has 0 aliphatic rings. The lowest BCUT2D eigenvalue weighted by Gasteiger charge is -2.15. The second-order valence-electron chi connectivity index (χ2n) is 5.91. The molecule has 0 heterocycles. The molecule has 0 saturated carbocycles. The highest BCUT2D eigenvalue weighted by Crippen LogP contribution is 2.16. The van der Waals surface area contributed by atoms with E-state index >= 15 is 0 Å². The maximum absolute atomic E-state index is 13.4. The van der Waals surface area contributed by atoms with Crippen molar-refractivity contribution in [2.24, 2.45) is 4.40 Å². The Morgan fingerprint density at radius 1 is 1.18 bits per heavy atom. The molecule has 0 radical (unpaired) electrons. The summed E-state index contributed by atoms with van der Waals surface area (Å²) in [5, 5.41) is 0. The van der Waals surface area contributed by atoms with E-state index in [0.717, 1.165) is 12.1 Å². The van der Waals surface area contributed by atoms with Crippen molar-refractivity contribution in [3.63, 3.8) is 0 Å². The van der Waals surface area contributed by atoms with Gasteiger partial charge in [0.2, 0.25) is 0 Å². The zero-order chi connectivity index (χ0) is 17.1. The van der Waals surface area contributed by atoms with Crippen LogP contribution in [-0.2, 0) is 20.5 Å². The minimum atomic E-state index is -1.77. The van der Waals surface area contributed by atoms with E-state index < -0.39 is 39.4 Å². The van der Waals surface area contributed by atoms with E-state index in [-0.39, 0.29) is 11.3 Å². The van der Waals surface area contributed by atoms with Gasteiger partial charge in [0.25, 0.3) is 0 Å². The number of nitrogens with zero attached hydrogens (tertiary/aromatic N) is 1. The van der Waals surface area contributed by atoms with Crippen molar-refractivity contribution in [2.75, 3.05) is 0 Å². The third kappa shape index (κ3) is 5.29. The lowest BCUT2D eigenvalue weighted by atomic mass is 10.1. The molecule has 0 N–H and O–H groups in total. The van der Waals surface area contributed by atoms with Gasteiger partial charge in [-0.25, -0.2) is 17.8 Å². The smallest absolute Gasteiger partial charge is 0.358 e. The fourth-order valence-corrected chi connectivity index (χ4v) is 2.01. The number of hydrogen-bond donors (Lipinski definition) is 0. The molecular formula is C15H19F2NO3S. The largest absolute Gasteiger partial charge is 0.458 e. The van der Waals surface area contributed by atoms with E-state index in [9.17, 15) is 17.8 Å².